The average Bonchev–Trinajstić information content (AvgIpc) is 3.27. The molecule has 3 aromatic rings. The van der Waals surface area contributed by atoms with Gasteiger partial charge in [-0.2, -0.15) is 0 Å². The van der Waals surface area contributed by atoms with E-state index < -0.39 is 0 Å². The van der Waals surface area contributed by atoms with Gasteiger partial charge in [-0.15, -0.1) is 0 Å². The van der Waals surface area contributed by atoms with Gasteiger partial charge in [0.15, 0.2) is 6.61 Å². The summed E-state index contributed by atoms with van der Waals surface area (Å²) >= 11 is 0. The lowest BCUT2D eigenvalue weighted by Gasteiger charge is -2.33. The van der Waals surface area contributed by atoms with E-state index in [1.54, 1.807) is 25.4 Å². The molecule has 1 fully saturated rings. The molecular weight excluding hydrogens is 380 g/mol. The monoisotopic (exact) mass is 406 g/mol. The van der Waals surface area contributed by atoms with Gasteiger partial charge < -0.3 is 18.8 Å². The molecule has 30 heavy (non-hydrogen) atoms. The van der Waals surface area contributed by atoms with E-state index in [1.807, 2.05) is 35.2 Å². The first kappa shape index (κ1) is 20.0. The number of amides is 1. The Bertz CT molecular complexity index is 953. The third kappa shape index (κ3) is 4.82. The highest BCUT2D eigenvalue weighted by Crippen LogP contribution is 2.31. The van der Waals surface area contributed by atoms with Gasteiger partial charge in [-0.1, -0.05) is 30.3 Å². The van der Waals surface area contributed by atoms with Gasteiger partial charge in [-0.3, -0.25) is 4.79 Å². The second kappa shape index (κ2) is 9.48. The van der Waals surface area contributed by atoms with Crippen LogP contribution in [0.2, 0.25) is 0 Å². The molecule has 2 aromatic carbocycles. The number of oxazole rings is 1. The molecule has 0 saturated carbocycles. The maximum Gasteiger partial charge on any atom is 0.261 e. The summed E-state index contributed by atoms with van der Waals surface area (Å²) in [7, 11) is 1.61. The smallest absolute Gasteiger partial charge is 0.261 e. The van der Waals surface area contributed by atoms with Crippen molar-refractivity contribution in [1.82, 2.24) is 9.88 Å². The van der Waals surface area contributed by atoms with E-state index in [2.05, 4.69) is 17.1 Å². The maximum atomic E-state index is 12.9. The standard InChI is InChI=1S/C24H26N2O4/c1-28-19-10-12-20(13-11-19)29-17-23(27)26-14-6-5-9-22(26)24-25-16-21(30-24)15-18-7-3-2-4-8-18/h2-4,7-8,10-13,16,22H,5-6,9,14-15,17H2,1H3. The molecule has 6 heteroatoms. The Labute approximate surface area is 176 Å². The summed E-state index contributed by atoms with van der Waals surface area (Å²) in [6, 6.07) is 17.2. The van der Waals surface area contributed by atoms with Crippen LogP contribution in [0.4, 0.5) is 0 Å². The number of carbonyl (C=O) groups excluding carboxylic acids is 1. The van der Waals surface area contributed by atoms with Crippen molar-refractivity contribution in [2.75, 3.05) is 20.3 Å². The highest BCUT2D eigenvalue weighted by Gasteiger charge is 2.31. The molecule has 0 aliphatic carbocycles. The fourth-order valence-electron chi connectivity index (χ4n) is 3.74. The molecule has 0 bridgehead atoms. The van der Waals surface area contributed by atoms with Crippen LogP contribution in [-0.4, -0.2) is 36.1 Å². The molecule has 4 rings (SSSR count). The van der Waals surface area contributed by atoms with E-state index in [0.29, 0.717) is 24.6 Å². The van der Waals surface area contributed by atoms with Crippen molar-refractivity contribution < 1.29 is 18.7 Å². The van der Waals surface area contributed by atoms with Gasteiger partial charge in [0, 0.05) is 13.0 Å². The van der Waals surface area contributed by atoms with Crippen molar-refractivity contribution in [3.05, 3.63) is 78.0 Å². The van der Waals surface area contributed by atoms with Crippen molar-refractivity contribution >= 4 is 5.91 Å². The summed E-state index contributed by atoms with van der Waals surface area (Å²) in [6.45, 7) is 0.673. The van der Waals surface area contributed by atoms with Gasteiger partial charge in [0.2, 0.25) is 5.89 Å². The fraction of sp³-hybridized carbons (Fsp3) is 0.333. The predicted molar refractivity (Wildman–Crippen MR) is 113 cm³/mol. The number of benzene rings is 2. The second-order valence-corrected chi connectivity index (χ2v) is 7.39. The zero-order chi connectivity index (χ0) is 20.8. The number of rotatable bonds is 7. The van der Waals surface area contributed by atoms with Crippen LogP contribution in [0.25, 0.3) is 0 Å². The molecule has 1 aliphatic rings. The van der Waals surface area contributed by atoms with Crippen LogP contribution in [0.15, 0.2) is 65.2 Å². The van der Waals surface area contributed by atoms with E-state index in [0.717, 1.165) is 30.8 Å². The first-order chi connectivity index (χ1) is 14.7. The van der Waals surface area contributed by atoms with Crippen molar-refractivity contribution in [2.24, 2.45) is 0 Å². The lowest BCUT2D eigenvalue weighted by Crippen LogP contribution is -2.41. The van der Waals surface area contributed by atoms with E-state index in [9.17, 15) is 4.79 Å². The predicted octanol–water partition coefficient (Wildman–Crippen LogP) is 4.41. The minimum Gasteiger partial charge on any atom is -0.497 e. The van der Waals surface area contributed by atoms with Crippen LogP contribution in [0.1, 0.15) is 42.5 Å². The topological polar surface area (TPSA) is 64.8 Å². The highest BCUT2D eigenvalue weighted by atomic mass is 16.5. The molecule has 2 heterocycles. The van der Waals surface area contributed by atoms with Crippen molar-refractivity contribution in [3.8, 4) is 11.5 Å². The Morgan fingerprint density at radius 3 is 2.63 bits per heavy atom. The van der Waals surface area contributed by atoms with Crippen LogP contribution in [0.3, 0.4) is 0 Å². The molecule has 1 amide bonds. The minimum atomic E-state index is -0.143. The number of aromatic nitrogens is 1. The molecule has 1 unspecified atom stereocenters. The summed E-state index contributed by atoms with van der Waals surface area (Å²) in [5.74, 6) is 2.75. The van der Waals surface area contributed by atoms with Crippen molar-refractivity contribution in [1.29, 1.82) is 0 Å². The van der Waals surface area contributed by atoms with E-state index in [1.165, 1.54) is 5.56 Å². The third-order valence-corrected chi connectivity index (χ3v) is 5.32. The fourth-order valence-corrected chi connectivity index (χ4v) is 3.74. The lowest BCUT2D eigenvalue weighted by molar-refractivity contribution is -0.137. The minimum absolute atomic E-state index is 0.0135. The van der Waals surface area contributed by atoms with Gasteiger partial charge in [0.1, 0.15) is 23.3 Å². The van der Waals surface area contributed by atoms with Gasteiger partial charge in [-0.25, -0.2) is 4.98 Å². The molecule has 1 aromatic heterocycles. The van der Waals surface area contributed by atoms with E-state index >= 15 is 0 Å². The quantitative estimate of drug-likeness (QED) is 0.582. The van der Waals surface area contributed by atoms with E-state index in [4.69, 9.17) is 13.9 Å². The van der Waals surface area contributed by atoms with E-state index in [-0.39, 0.29) is 18.6 Å². The second-order valence-electron chi connectivity index (χ2n) is 7.39. The lowest BCUT2D eigenvalue weighted by atomic mass is 10.0. The number of carbonyl (C=O) groups is 1. The van der Waals surface area contributed by atoms with Crippen LogP contribution in [-0.2, 0) is 11.2 Å². The Kier molecular flexibility index (Phi) is 6.32. The first-order valence-electron chi connectivity index (χ1n) is 10.3. The average molecular weight is 406 g/mol. The molecule has 156 valence electrons. The number of methoxy groups -OCH3 is 1. The van der Waals surface area contributed by atoms with Crippen LogP contribution < -0.4 is 9.47 Å². The zero-order valence-corrected chi connectivity index (χ0v) is 17.1. The first-order valence-corrected chi connectivity index (χ1v) is 10.3. The maximum absolute atomic E-state index is 12.9. The van der Waals surface area contributed by atoms with Crippen LogP contribution in [0, 0.1) is 0 Å². The van der Waals surface area contributed by atoms with Gasteiger partial charge >= 0.3 is 0 Å². The molecule has 1 saturated heterocycles. The van der Waals surface area contributed by atoms with Crippen molar-refractivity contribution in [3.63, 3.8) is 0 Å². The summed E-state index contributed by atoms with van der Waals surface area (Å²) in [4.78, 5) is 19.2. The third-order valence-electron chi connectivity index (χ3n) is 5.32. The summed E-state index contributed by atoms with van der Waals surface area (Å²) in [6.07, 6.45) is 5.33. The highest BCUT2D eigenvalue weighted by molar-refractivity contribution is 5.78. The Morgan fingerprint density at radius 1 is 1.10 bits per heavy atom. The van der Waals surface area contributed by atoms with Crippen LogP contribution in [0.5, 0.6) is 11.5 Å². The number of hydrogen-bond donors (Lipinski definition) is 0. The molecule has 1 aliphatic heterocycles. The summed E-state index contributed by atoms with van der Waals surface area (Å²) in [5.41, 5.74) is 1.17. The summed E-state index contributed by atoms with van der Waals surface area (Å²) < 4.78 is 16.9. The number of ether oxygens (including phenoxy) is 2. The number of likely N-dealkylation sites (tertiary alicyclic amines) is 1. The number of hydrogen-bond acceptors (Lipinski definition) is 5. The zero-order valence-electron chi connectivity index (χ0n) is 17.1. The SMILES string of the molecule is COc1ccc(OCC(=O)N2CCCCC2c2ncc(Cc3ccccc3)o2)cc1. The van der Waals surface area contributed by atoms with Gasteiger partial charge in [-0.05, 0) is 49.1 Å². The largest absolute Gasteiger partial charge is 0.497 e. The number of nitrogens with zero attached hydrogens (tertiary/aromatic N) is 2. The molecular formula is C24H26N2O4. The molecule has 0 N–H and O–H groups in total. The Balaban J connectivity index is 1.40. The molecule has 1 atom stereocenters. The summed E-state index contributed by atoms with van der Waals surface area (Å²) in [5, 5.41) is 0. The van der Waals surface area contributed by atoms with Gasteiger partial charge in [0.05, 0.1) is 13.3 Å². The van der Waals surface area contributed by atoms with Crippen LogP contribution >= 0.6 is 0 Å². The Morgan fingerprint density at radius 2 is 1.87 bits per heavy atom. The molecule has 6 nitrogen and oxygen atoms in total. The van der Waals surface area contributed by atoms with Crippen molar-refractivity contribution in [2.45, 2.75) is 31.7 Å². The molecule has 0 spiro atoms. The van der Waals surface area contributed by atoms with Gasteiger partial charge in [0.25, 0.3) is 5.91 Å². The normalized spacial score (nSPS) is 16.3. The molecule has 0 radical (unpaired) electrons. The Hall–Kier alpha value is -3.28. The number of piperidine rings is 1.